The molecule has 1 aromatic carbocycles. The van der Waals surface area contributed by atoms with Crippen LogP contribution in [-0.4, -0.2) is 39.8 Å². The highest BCUT2D eigenvalue weighted by Crippen LogP contribution is 2.34. The quantitative estimate of drug-likeness (QED) is 0.730. The van der Waals surface area contributed by atoms with Gasteiger partial charge in [0, 0.05) is 18.5 Å². The van der Waals surface area contributed by atoms with Crippen LogP contribution in [0.15, 0.2) is 43.0 Å². The summed E-state index contributed by atoms with van der Waals surface area (Å²) in [5, 5.41) is 5.39. The number of anilines is 2. The van der Waals surface area contributed by atoms with E-state index in [9.17, 15) is 4.79 Å². The number of nitrogens with zero attached hydrogens (tertiary/aromatic N) is 4. The van der Waals surface area contributed by atoms with Gasteiger partial charge in [-0.3, -0.25) is 9.88 Å². The number of imidazole rings is 1. The van der Waals surface area contributed by atoms with Gasteiger partial charge < -0.3 is 14.8 Å². The number of para-hydroxylation sites is 1. The molecule has 0 spiro atoms. The number of nitrogens with one attached hydrogen (secondary N) is 2. The minimum absolute atomic E-state index is 0.350. The van der Waals surface area contributed by atoms with Crippen molar-refractivity contribution in [2.75, 3.05) is 24.9 Å². The van der Waals surface area contributed by atoms with Gasteiger partial charge in [-0.15, -0.1) is 0 Å². The fourth-order valence-electron chi connectivity index (χ4n) is 2.42. The van der Waals surface area contributed by atoms with Gasteiger partial charge in [-0.1, -0.05) is 6.07 Å². The highest BCUT2D eigenvalue weighted by atomic mass is 16.5. The van der Waals surface area contributed by atoms with Gasteiger partial charge in [-0.05, 0) is 19.1 Å². The number of urea groups is 1. The first-order valence-corrected chi connectivity index (χ1v) is 7.73. The van der Waals surface area contributed by atoms with Crippen LogP contribution in [0.1, 0.15) is 5.82 Å². The zero-order chi connectivity index (χ0) is 18.5. The third-order valence-electron chi connectivity index (χ3n) is 3.62. The first-order chi connectivity index (χ1) is 12.6. The Labute approximate surface area is 150 Å². The van der Waals surface area contributed by atoms with Crippen molar-refractivity contribution in [2.24, 2.45) is 0 Å². The van der Waals surface area contributed by atoms with Crippen molar-refractivity contribution in [1.82, 2.24) is 19.5 Å². The van der Waals surface area contributed by atoms with Gasteiger partial charge in [0.15, 0.2) is 11.5 Å². The smallest absolute Gasteiger partial charge is 0.324 e. The fraction of sp³-hybridized carbons (Fsp3) is 0.176. The molecule has 2 heterocycles. The first-order valence-electron chi connectivity index (χ1n) is 7.73. The SMILES string of the molecule is COc1cccc(NC(=O)Nc2cc(-n3ccnc3C)ncn2)c1OC. The molecule has 0 atom stereocenters. The van der Waals surface area contributed by atoms with Crippen LogP contribution in [0.4, 0.5) is 16.3 Å². The fourth-order valence-corrected chi connectivity index (χ4v) is 2.42. The van der Waals surface area contributed by atoms with Gasteiger partial charge in [0.1, 0.15) is 23.8 Å². The molecule has 0 aliphatic heterocycles. The van der Waals surface area contributed by atoms with Crippen molar-refractivity contribution in [3.63, 3.8) is 0 Å². The molecule has 0 saturated heterocycles. The van der Waals surface area contributed by atoms with E-state index in [0.29, 0.717) is 28.8 Å². The molecule has 9 nitrogen and oxygen atoms in total. The maximum atomic E-state index is 12.3. The molecule has 0 aliphatic rings. The lowest BCUT2D eigenvalue weighted by Crippen LogP contribution is -2.21. The molecular weight excluding hydrogens is 336 g/mol. The second-order valence-electron chi connectivity index (χ2n) is 5.23. The Balaban J connectivity index is 1.76. The van der Waals surface area contributed by atoms with Crippen molar-refractivity contribution < 1.29 is 14.3 Å². The Morgan fingerprint density at radius 2 is 1.96 bits per heavy atom. The number of carbonyl (C=O) groups is 1. The minimum atomic E-state index is -0.469. The van der Waals surface area contributed by atoms with E-state index in [-0.39, 0.29) is 0 Å². The zero-order valence-corrected chi connectivity index (χ0v) is 14.6. The van der Waals surface area contributed by atoms with E-state index in [1.165, 1.54) is 20.5 Å². The lowest BCUT2D eigenvalue weighted by molar-refractivity contribution is 0.262. The molecule has 0 radical (unpaired) electrons. The van der Waals surface area contributed by atoms with Gasteiger partial charge >= 0.3 is 6.03 Å². The minimum Gasteiger partial charge on any atom is -0.493 e. The van der Waals surface area contributed by atoms with Gasteiger partial charge in [0.2, 0.25) is 0 Å². The number of hydrogen-bond acceptors (Lipinski definition) is 6. The molecule has 0 fully saturated rings. The number of carbonyl (C=O) groups excluding carboxylic acids is 1. The van der Waals surface area contributed by atoms with Crippen LogP contribution in [0, 0.1) is 6.92 Å². The van der Waals surface area contributed by atoms with Crippen LogP contribution in [0.2, 0.25) is 0 Å². The Morgan fingerprint density at radius 3 is 2.65 bits per heavy atom. The Hall–Kier alpha value is -3.62. The van der Waals surface area contributed by atoms with Crippen LogP contribution in [0.25, 0.3) is 5.82 Å². The summed E-state index contributed by atoms with van der Waals surface area (Å²) in [5.74, 6) is 2.68. The molecule has 0 saturated carbocycles. The van der Waals surface area contributed by atoms with Crippen LogP contribution >= 0.6 is 0 Å². The number of aromatic nitrogens is 4. The number of hydrogen-bond donors (Lipinski definition) is 2. The first kappa shape index (κ1) is 17.2. The molecule has 0 unspecified atom stereocenters. The highest BCUT2D eigenvalue weighted by Gasteiger charge is 2.13. The van der Waals surface area contributed by atoms with Crippen LogP contribution < -0.4 is 20.1 Å². The molecule has 2 N–H and O–H groups in total. The summed E-state index contributed by atoms with van der Waals surface area (Å²) in [6, 6.07) is 6.38. The standard InChI is InChI=1S/C17H18N6O3/c1-11-18-7-8-23(11)15-9-14(19-10-20-15)22-17(24)21-12-5-4-6-13(25-2)16(12)26-3/h4-10H,1-3H3,(H2,19,20,21,22,24). The molecule has 2 aromatic heterocycles. The van der Waals surface area contributed by atoms with Crippen LogP contribution in [0.5, 0.6) is 11.5 Å². The van der Waals surface area contributed by atoms with Gasteiger partial charge in [0.05, 0.1) is 19.9 Å². The molecule has 134 valence electrons. The van der Waals surface area contributed by atoms with Crippen molar-refractivity contribution in [3.8, 4) is 17.3 Å². The van der Waals surface area contributed by atoms with Crippen molar-refractivity contribution >= 4 is 17.5 Å². The summed E-state index contributed by atoms with van der Waals surface area (Å²) in [7, 11) is 3.04. The molecular formula is C17H18N6O3. The second kappa shape index (κ2) is 7.51. The van der Waals surface area contributed by atoms with Crippen LogP contribution in [0.3, 0.4) is 0 Å². The maximum Gasteiger partial charge on any atom is 0.324 e. The summed E-state index contributed by atoms with van der Waals surface area (Å²) >= 11 is 0. The predicted octanol–water partition coefficient (Wildman–Crippen LogP) is 2.63. The number of rotatable bonds is 5. The summed E-state index contributed by atoms with van der Waals surface area (Å²) in [6.45, 7) is 1.86. The van der Waals surface area contributed by atoms with Gasteiger partial charge in [0.25, 0.3) is 0 Å². The largest absolute Gasteiger partial charge is 0.493 e. The average Bonchev–Trinajstić information content (AvgIpc) is 3.07. The van der Waals surface area contributed by atoms with Gasteiger partial charge in [-0.25, -0.2) is 19.7 Å². The van der Waals surface area contributed by atoms with Crippen molar-refractivity contribution in [2.45, 2.75) is 6.92 Å². The van der Waals surface area contributed by atoms with E-state index >= 15 is 0 Å². The molecule has 3 aromatic rings. The lowest BCUT2D eigenvalue weighted by atomic mass is 10.2. The summed E-state index contributed by atoms with van der Waals surface area (Å²) < 4.78 is 12.3. The highest BCUT2D eigenvalue weighted by molar-refractivity contribution is 6.00. The predicted molar refractivity (Wildman–Crippen MR) is 96.1 cm³/mol. The Kier molecular flexibility index (Phi) is 4.97. The summed E-state index contributed by atoms with van der Waals surface area (Å²) in [5.41, 5.74) is 0.476. The van der Waals surface area contributed by atoms with E-state index in [4.69, 9.17) is 9.47 Å². The number of amides is 2. The molecule has 9 heteroatoms. The number of methoxy groups -OCH3 is 2. The second-order valence-corrected chi connectivity index (χ2v) is 5.23. The Bertz CT molecular complexity index is 924. The molecule has 3 rings (SSSR count). The van der Waals surface area contributed by atoms with E-state index in [1.807, 2.05) is 6.92 Å². The summed E-state index contributed by atoms with van der Waals surface area (Å²) in [6.07, 6.45) is 4.82. The monoisotopic (exact) mass is 354 g/mol. The Morgan fingerprint density at radius 1 is 1.12 bits per heavy atom. The molecule has 0 aliphatic carbocycles. The number of aryl methyl sites for hydroxylation is 1. The molecule has 2 amide bonds. The lowest BCUT2D eigenvalue weighted by Gasteiger charge is -2.13. The molecule has 26 heavy (non-hydrogen) atoms. The topological polar surface area (TPSA) is 103 Å². The third kappa shape index (κ3) is 3.56. The normalized spacial score (nSPS) is 10.3. The van der Waals surface area contributed by atoms with E-state index in [0.717, 1.165) is 5.82 Å². The third-order valence-corrected chi connectivity index (χ3v) is 3.62. The van der Waals surface area contributed by atoms with Gasteiger partial charge in [-0.2, -0.15) is 0 Å². The maximum absolute atomic E-state index is 12.3. The summed E-state index contributed by atoms with van der Waals surface area (Å²) in [4.78, 5) is 24.7. The van der Waals surface area contributed by atoms with Crippen molar-refractivity contribution in [3.05, 3.63) is 48.8 Å². The zero-order valence-electron chi connectivity index (χ0n) is 14.6. The van der Waals surface area contributed by atoms with E-state index in [1.54, 1.807) is 41.2 Å². The van der Waals surface area contributed by atoms with E-state index in [2.05, 4.69) is 25.6 Å². The molecule has 0 bridgehead atoms. The van der Waals surface area contributed by atoms with Crippen LogP contribution in [-0.2, 0) is 0 Å². The number of benzene rings is 1. The number of ether oxygens (including phenoxy) is 2. The van der Waals surface area contributed by atoms with E-state index < -0.39 is 6.03 Å². The average molecular weight is 354 g/mol. The van der Waals surface area contributed by atoms with Crippen molar-refractivity contribution in [1.29, 1.82) is 0 Å².